The molecule has 1 fully saturated rings. The Balaban J connectivity index is 1.45. The summed E-state index contributed by atoms with van der Waals surface area (Å²) in [5, 5.41) is 11.2. The van der Waals surface area contributed by atoms with Crippen LogP contribution in [0.25, 0.3) is 10.9 Å². The number of fused-ring (bicyclic) bond motifs is 1. The summed E-state index contributed by atoms with van der Waals surface area (Å²) in [6.45, 7) is 1.88. The SMILES string of the molecule is COCC(NC(=O)Nc1cc2cnn(C3CCOCC3)c2cn1)c1ccccc1. The average Bonchev–Trinajstić information content (AvgIpc) is 3.18. The molecule has 0 bridgehead atoms. The van der Waals surface area contributed by atoms with Gasteiger partial charge in [0.2, 0.25) is 0 Å². The van der Waals surface area contributed by atoms with E-state index in [0.717, 1.165) is 42.5 Å². The Morgan fingerprint density at radius 2 is 2.07 bits per heavy atom. The van der Waals surface area contributed by atoms with E-state index in [4.69, 9.17) is 9.47 Å². The second-order valence-electron chi connectivity index (χ2n) is 7.08. The summed E-state index contributed by atoms with van der Waals surface area (Å²) in [6.07, 6.45) is 5.46. The fourth-order valence-electron chi connectivity index (χ4n) is 3.62. The number of rotatable bonds is 6. The third kappa shape index (κ3) is 4.55. The van der Waals surface area contributed by atoms with Gasteiger partial charge in [0.05, 0.1) is 36.6 Å². The lowest BCUT2D eigenvalue weighted by Crippen LogP contribution is -2.35. The van der Waals surface area contributed by atoms with Crippen LogP contribution in [0.5, 0.6) is 0 Å². The number of hydrogen-bond donors (Lipinski definition) is 2. The number of ether oxygens (including phenoxy) is 2. The third-order valence-corrected chi connectivity index (χ3v) is 5.10. The summed E-state index contributed by atoms with van der Waals surface area (Å²) >= 11 is 0. The van der Waals surface area contributed by atoms with E-state index < -0.39 is 0 Å². The van der Waals surface area contributed by atoms with Gasteiger partial charge < -0.3 is 14.8 Å². The summed E-state index contributed by atoms with van der Waals surface area (Å²) in [5.41, 5.74) is 1.94. The number of carbonyl (C=O) groups is 1. The van der Waals surface area contributed by atoms with E-state index in [9.17, 15) is 4.79 Å². The van der Waals surface area contributed by atoms with Gasteiger partial charge in [0.15, 0.2) is 0 Å². The summed E-state index contributed by atoms with van der Waals surface area (Å²) in [5.74, 6) is 0.478. The third-order valence-electron chi connectivity index (χ3n) is 5.10. The quantitative estimate of drug-likeness (QED) is 0.668. The predicted molar refractivity (Wildman–Crippen MR) is 110 cm³/mol. The Bertz CT molecular complexity index is 953. The number of urea groups is 1. The topological polar surface area (TPSA) is 90.3 Å². The van der Waals surface area contributed by atoms with Gasteiger partial charge in [0.25, 0.3) is 0 Å². The molecule has 3 aromatic rings. The highest BCUT2D eigenvalue weighted by Crippen LogP contribution is 2.25. The van der Waals surface area contributed by atoms with Crippen molar-refractivity contribution in [3.05, 3.63) is 54.4 Å². The monoisotopic (exact) mass is 395 g/mol. The molecule has 2 N–H and O–H groups in total. The predicted octanol–water partition coefficient (Wildman–Crippen LogP) is 3.29. The summed E-state index contributed by atoms with van der Waals surface area (Å²) in [6, 6.07) is 11.3. The molecule has 1 atom stereocenters. The van der Waals surface area contributed by atoms with Crippen LogP contribution in [-0.4, -0.2) is 47.7 Å². The van der Waals surface area contributed by atoms with Gasteiger partial charge in [0.1, 0.15) is 5.82 Å². The first kappa shape index (κ1) is 19.4. The first-order chi connectivity index (χ1) is 14.2. The van der Waals surface area contributed by atoms with E-state index in [1.165, 1.54) is 0 Å². The lowest BCUT2D eigenvalue weighted by molar-refractivity contribution is 0.0674. The van der Waals surface area contributed by atoms with Gasteiger partial charge in [-0.2, -0.15) is 5.10 Å². The van der Waals surface area contributed by atoms with Crippen LogP contribution in [-0.2, 0) is 9.47 Å². The van der Waals surface area contributed by atoms with Gasteiger partial charge in [-0.25, -0.2) is 9.78 Å². The fraction of sp³-hybridized carbons (Fsp3) is 0.381. The Hall–Kier alpha value is -2.97. The van der Waals surface area contributed by atoms with E-state index in [-0.39, 0.29) is 12.1 Å². The van der Waals surface area contributed by atoms with E-state index in [0.29, 0.717) is 18.5 Å². The second-order valence-corrected chi connectivity index (χ2v) is 7.08. The molecule has 1 unspecified atom stereocenters. The van der Waals surface area contributed by atoms with Crippen LogP contribution < -0.4 is 10.6 Å². The maximum absolute atomic E-state index is 12.5. The van der Waals surface area contributed by atoms with Crippen LogP contribution in [0, 0.1) is 0 Å². The van der Waals surface area contributed by atoms with Gasteiger partial charge >= 0.3 is 6.03 Å². The minimum atomic E-state index is -0.334. The van der Waals surface area contributed by atoms with Crippen molar-refractivity contribution in [2.24, 2.45) is 0 Å². The number of nitrogens with zero attached hydrogens (tertiary/aromatic N) is 3. The number of carbonyl (C=O) groups excluding carboxylic acids is 1. The minimum absolute atomic E-state index is 0.249. The average molecular weight is 395 g/mol. The molecule has 1 aliphatic rings. The van der Waals surface area contributed by atoms with Gasteiger partial charge in [-0.1, -0.05) is 30.3 Å². The zero-order chi connectivity index (χ0) is 20.1. The number of hydrogen-bond acceptors (Lipinski definition) is 5. The van der Waals surface area contributed by atoms with Crippen molar-refractivity contribution in [1.29, 1.82) is 0 Å². The van der Waals surface area contributed by atoms with E-state index >= 15 is 0 Å². The highest BCUT2D eigenvalue weighted by atomic mass is 16.5. The highest BCUT2D eigenvalue weighted by Gasteiger charge is 2.19. The van der Waals surface area contributed by atoms with Crippen molar-refractivity contribution in [2.45, 2.75) is 24.9 Å². The molecule has 1 aliphatic heterocycles. The normalized spacial score (nSPS) is 15.9. The molecule has 3 heterocycles. The Kier molecular flexibility index (Phi) is 6.02. The molecule has 1 saturated heterocycles. The Morgan fingerprint density at radius 3 is 2.83 bits per heavy atom. The standard InChI is InChI=1S/C21H25N5O3/c1-28-14-18(15-5-3-2-4-6-15)24-21(27)25-20-11-16-12-23-26(19(16)13-22-20)17-7-9-29-10-8-17/h2-6,11-13,17-18H,7-10,14H2,1H3,(H2,22,24,25,27). The van der Waals surface area contributed by atoms with Crippen molar-refractivity contribution in [1.82, 2.24) is 20.1 Å². The lowest BCUT2D eigenvalue weighted by atomic mass is 10.1. The highest BCUT2D eigenvalue weighted by molar-refractivity contribution is 5.91. The van der Waals surface area contributed by atoms with Gasteiger partial charge in [-0.3, -0.25) is 10.00 Å². The molecular formula is C21H25N5O3. The molecule has 152 valence electrons. The summed E-state index contributed by atoms with van der Waals surface area (Å²) < 4.78 is 12.7. The molecule has 2 aromatic heterocycles. The summed E-state index contributed by atoms with van der Waals surface area (Å²) in [4.78, 5) is 16.9. The number of amides is 2. The molecule has 2 amide bonds. The van der Waals surface area contributed by atoms with Gasteiger partial charge in [-0.15, -0.1) is 0 Å². The molecule has 29 heavy (non-hydrogen) atoms. The Labute approximate surface area is 169 Å². The van der Waals surface area contributed by atoms with Crippen molar-refractivity contribution >= 4 is 22.8 Å². The number of benzene rings is 1. The smallest absolute Gasteiger partial charge is 0.320 e. The van der Waals surface area contributed by atoms with Crippen LogP contribution in [0.3, 0.4) is 0 Å². The van der Waals surface area contributed by atoms with Crippen molar-refractivity contribution in [2.75, 3.05) is 32.2 Å². The lowest BCUT2D eigenvalue weighted by Gasteiger charge is -2.23. The maximum atomic E-state index is 12.5. The molecule has 4 rings (SSSR count). The molecule has 0 radical (unpaired) electrons. The first-order valence-electron chi connectivity index (χ1n) is 9.77. The number of methoxy groups -OCH3 is 1. The number of pyridine rings is 1. The van der Waals surface area contributed by atoms with E-state index in [2.05, 4.69) is 20.7 Å². The zero-order valence-corrected chi connectivity index (χ0v) is 16.4. The van der Waals surface area contributed by atoms with Crippen LogP contribution in [0.1, 0.15) is 30.5 Å². The van der Waals surface area contributed by atoms with Gasteiger partial charge in [0, 0.05) is 25.7 Å². The molecule has 8 heteroatoms. The van der Waals surface area contributed by atoms with Crippen LogP contribution >= 0.6 is 0 Å². The summed E-state index contributed by atoms with van der Waals surface area (Å²) in [7, 11) is 1.61. The molecule has 0 spiro atoms. The molecule has 1 aromatic carbocycles. The first-order valence-corrected chi connectivity index (χ1v) is 9.77. The van der Waals surface area contributed by atoms with Crippen molar-refractivity contribution < 1.29 is 14.3 Å². The number of anilines is 1. The largest absolute Gasteiger partial charge is 0.382 e. The molecule has 8 nitrogen and oxygen atoms in total. The van der Waals surface area contributed by atoms with Crippen LogP contribution in [0.2, 0.25) is 0 Å². The molecular weight excluding hydrogens is 370 g/mol. The van der Waals surface area contributed by atoms with Crippen molar-refractivity contribution in [3.63, 3.8) is 0 Å². The van der Waals surface area contributed by atoms with Gasteiger partial charge in [-0.05, 0) is 24.5 Å². The number of aromatic nitrogens is 3. The van der Waals surface area contributed by atoms with Crippen LogP contribution in [0.15, 0.2) is 48.8 Å². The maximum Gasteiger partial charge on any atom is 0.320 e. The van der Waals surface area contributed by atoms with Crippen molar-refractivity contribution in [3.8, 4) is 0 Å². The molecule has 0 aliphatic carbocycles. The number of nitrogens with one attached hydrogen (secondary N) is 2. The minimum Gasteiger partial charge on any atom is -0.382 e. The Morgan fingerprint density at radius 1 is 1.28 bits per heavy atom. The second kappa shape index (κ2) is 9.02. The van der Waals surface area contributed by atoms with Crippen LogP contribution in [0.4, 0.5) is 10.6 Å². The fourth-order valence-corrected chi connectivity index (χ4v) is 3.62. The molecule has 0 saturated carbocycles. The van der Waals surface area contributed by atoms with E-state index in [1.807, 2.05) is 47.3 Å². The van der Waals surface area contributed by atoms with E-state index in [1.54, 1.807) is 13.3 Å². The zero-order valence-electron chi connectivity index (χ0n) is 16.4.